The van der Waals surface area contributed by atoms with Gasteiger partial charge in [-0.05, 0) is 99.2 Å². The summed E-state index contributed by atoms with van der Waals surface area (Å²) in [5.74, 6) is 3.24. The first kappa shape index (κ1) is 27.4. The number of aryl methyl sites for hydroxylation is 1. The SMILES string of the molecule is CCCCCCCCn1cc(CN[C@@H](C)[C@H]2CC[C@H]3[C@@H]4CC=C5C[C@@H](O)CC[C@]5(C)[C@H]4CC[C@]23C)nn1. The Balaban J connectivity index is 1.14. The van der Waals surface area contributed by atoms with E-state index in [9.17, 15) is 5.11 Å². The van der Waals surface area contributed by atoms with E-state index in [0.29, 0.717) is 16.9 Å². The molecule has 3 fully saturated rings. The van der Waals surface area contributed by atoms with E-state index >= 15 is 0 Å². The van der Waals surface area contributed by atoms with E-state index in [-0.39, 0.29) is 6.10 Å². The van der Waals surface area contributed by atoms with Crippen molar-refractivity contribution < 1.29 is 5.11 Å². The molecule has 0 aliphatic heterocycles. The van der Waals surface area contributed by atoms with Gasteiger partial charge >= 0.3 is 0 Å². The summed E-state index contributed by atoms with van der Waals surface area (Å²) in [6.07, 6.45) is 22.3. The van der Waals surface area contributed by atoms with Crippen molar-refractivity contribution in [2.75, 3.05) is 0 Å². The number of nitrogens with one attached hydrogen (secondary N) is 1. The summed E-state index contributed by atoms with van der Waals surface area (Å²) >= 11 is 0. The molecular weight excluding hydrogens is 456 g/mol. The molecule has 0 radical (unpaired) electrons. The molecule has 5 heteroatoms. The van der Waals surface area contributed by atoms with Crippen molar-refractivity contribution >= 4 is 0 Å². The maximum absolute atomic E-state index is 10.3. The van der Waals surface area contributed by atoms with Crippen LogP contribution in [0.4, 0.5) is 0 Å². The van der Waals surface area contributed by atoms with Crippen LogP contribution in [0.15, 0.2) is 17.8 Å². The maximum Gasteiger partial charge on any atom is 0.0964 e. The quantitative estimate of drug-likeness (QED) is 0.247. The van der Waals surface area contributed by atoms with E-state index < -0.39 is 0 Å². The molecule has 5 rings (SSSR count). The minimum absolute atomic E-state index is 0.107. The molecule has 0 amide bonds. The Kier molecular flexibility index (Phi) is 8.51. The zero-order valence-electron chi connectivity index (χ0n) is 24.2. The highest BCUT2D eigenvalue weighted by molar-refractivity contribution is 5.25. The van der Waals surface area contributed by atoms with Crippen LogP contribution < -0.4 is 5.32 Å². The normalized spacial score (nSPS) is 38.0. The third-order valence-corrected chi connectivity index (χ3v) is 11.7. The van der Waals surface area contributed by atoms with Crippen LogP contribution in [0.3, 0.4) is 0 Å². The highest BCUT2D eigenvalue weighted by Crippen LogP contribution is 2.66. The number of rotatable bonds is 11. The molecule has 8 atom stereocenters. The van der Waals surface area contributed by atoms with Gasteiger partial charge in [-0.3, -0.25) is 4.68 Å². The standard InChI is InChI=1S/C32H54N4O/c1-5-6-7-8-9-10-19-36-22-25(34-35-36)21-33-23(2)28-13-14-29-27-12-11-24-20-26(37)15-17-31(24,3)30(27)16-18-32(28,29)4/h11,22-23,26-30,33,37H,5-10,12-21H2,1-4H3/t23-,26-,27-,28+,29-,30-,31-,32+/m0/s1. The molecule has 1 aromatic rings. The number of fused-ring (bicyclic) bond motifs is 5. The van der Waals surface area contributed by atoms with E-state index in [1.165, 1.54) is 77.0 Å². The van der Waals surface area contributed by atoms with Gasteiger partial charge < -0.3 is 10.4 Å². The molecule has 208 valence electrons. The van der Waals surface area contributed by atoms with Crippen molar-refractivity contribution in [2.45, 2.75) is 143 Å². The second-order valence-corrected chi connectivity index (χ2v) is 13.8. The molecule has 0 saturated heterocycles. The van der Waals surface area contributed by atoms with Gasteiger partial charge in [0.15, 0.2) is 0 Å². The molecule has 5 nitrogen and oxygen atoms in total. The molecule has 1 heterocycles. The summed E-state index contributed by atoms with van der Waals surface area (Å²) < 4.78 is 2.05. The smallest absolute Gasteiger partial charge is 0.0964 e. The number of unbranched alkanes of at least 4 members (excludes halogenated alkanes) is 5. The molecule has 37 heavy (non-hydrogen) atoms. The molecule has 0 spiro atoms. The van der Waals surface area contributed by atoms with Crippen molar-refractivity contribution in [1.29, 1.82) is 0 Å². The first-order chi connectivity index (χ1) is 17.8. The van der Waals surface area contributed by atoms with Gasteiger partial charge in [-0.1, -0.05) is 69.7 Å². The molecule has 0 aromatic carbocycles. The average Bonchev–Trinajstić information content (AvgIpc) is 3.49. The summed E-state index contributed by atoms with van der Waals surface area (Å²) in [6, 6.07) is 0.505. The second kappa shape index (κ2) is 11.5. The zero-order valence-corrected chi connectivity index (χ0v) is 24.2. The van der Waals surface area contributed by atoms with Gasteiger partial charge in [0.05, 0.1) is 11.8 Å². The molecule has 1 aromatic heterocycles. The Morgan fingerprint density at radius 3 is 2.70 bits per heavy atom. The number of aliphatic hydroxyl groups is 1. The Morgan fingerprint density at radius 2 is 1.86 bits per heavy atom. The predicted octanol–water partition coefficient (Wildman–Crippen LogP) is 7.06. The highest BCUT2D eigenvalue weighted by atomic mass is 16.3. The number of aromatic nitrogens is 3. The fraction of sp³-hybridized carbons (Fsp3) is 0.875. The average molecular weight is 511 g/mol. The Hall–Kier alpha value is -1.20. The van der Waals surface area contributed by atoms with Crippen molar-refractivity contribution in [3.8, 4) is 0 Å². The number of hydrogen-bond acceptors (Lipinski definition) is 4. The van der Waals surface area contributed by atoms with Gasteiger partial charge in [-0.15, -0.1) is 5.10 Å². The van der Waals surface area contributed by atoms with E-state index in [2.05, 4.69) is 55.6 Å². The number of allylic oxidation sites excluding steroid dienone is 1. The minimum atomic E-state index is -0.107. The Bertz CT molecular complexity index is 926. The van der Waals surface area contributed by atoms with Crippen LogP contribution in [0.1, 0.15) is 123 Å². The minimum Gasteiger partial charge on any atom is -0.393 e. The molecule has 4 aliphatic carbocycles. The van der Waals surface area contributed by atoms with Crippen molar-refractivity contribution in [3.05, 3.63) is 23.5 Å². The van der Waals surface area contributed by atoms with E-state index in [1.54, 1.807) is 5.57 Å². The summed E-state index contributed by atoms with van der Waals surface area (Å²) in [7, 11) is 0. The van der Waals surface area contributed by atoms with Crippen LogP contribution in [-0.2, 0) is 13.1 Å². The van der Waals surface area contributed by atoms with Crippen LogP contribution in [0.5, 0.6) is 0 Å². The van der Waals surface area contributed by atoms with Gasteiger partial charge in [-0.2, -0.15) is 0 Å². The van der Waals surface area contributed by atoms with Crippen molar-refractivity contribution in [1.82, 2.24) is 20.3 Å². The second-order valence-electron chi connectivity index (χ2n) is 13.8. The Morgan fingerprint density at radius 1 is 1.05 bits per heavy atom. The summed E-state index contributed by atoms with van der Waals surface area (Å²) in [6.45, 7) is 11.7. The summed E-state index contributed by atoms with van der Waals surface area (Å²) in [5.41, 5.74) is 3.45. The van der Waals surface area contributed by atoms with E-state index in [0.717, 1.165) is 55.3 Å². The molecule has 0 unspecified atom stereocenters. The van der Waals surface area contributed by atoms with Crippen LogP contribution >= 0.6 is 0 Å². The molecule has 2 N–H and O–H groups in total. The molecule has 4 aliphatic rings. The first-order valence-corrected chi connectivity index (χ1v) is 15.8. The van der Waals surface area contributed by atoms with Crippen LogP contribution in [0.2, 0.25) is 0 Å². The number of aliphatic hydroxyl groups excluding tert-OH is 1. The third-order valence-electron chi connectivity index (χ3n) is 11.7. The number of nitrogens with zero attached hydrogens (tertiary/aromatic N) is 3. The highest BCUT2D eigenvalue weighted by Gasteiger charge is 2.59. The van der Waals surface area contributed by atoms with Gasteiger partial charge in [0.25, 0.3) is 0 Å². The Labute approximate surface area is 226 Å². The molecule has 3 saturated carbocycles. The van der Waals surface area contributed by atoms with Gasteiger partial charge in [-0.25, -0.2) is 0 Å². The molecular formula is C32H54N4O. The van der Waals surface area contributed by atoms with Gasteiger partial charge in [0.1, 0.15) is 0 Å². The lowest BCUT2D eigenvalue weighted by atomic mass is 9.47. The lowest BCUT2D eigenvalue weighted by Gasteiger charge is -2.58. The van der Waals surface area contributed by atoms with Crippen LogP contribution in [0.25, 0.3) is 0 Å². The first-order valence-electron chi connectivity index (χ1n) is 15.8. The van der Waals surface area contributed by atoms with Gasteiger partial charge in [0, 0.05) is 25.3 Å². The number of hydrogen-bond donors (Lipinski definition) is 2. The maximum atomic E-state index is 10.3. The van der Waals surface area contributed by atoms with Crippen molar-refractivity contribution in [3.63, 3.8) is 0 Å². The lowest BCUT2D eigenvalue weighted by molar-refractivity contribution is -0.0536. The topological polar surface area (TPSA) is 63.0 Å². The van der Waals surface area contributed by atoms with E-state index in [1.807, 2.05) is 4.68 Å². The largest absolute Gasteiger partial charge is 0.393 e. The zero-order chi connectivity index (χ0) is 26.0. The fourth-order valence-corrected chi connectivity index (χ4v) is 9.49. The lowest BCUT2D eigenvalue weighted by Crippen LogP contribution is -2.52. The van der Waals surface area contributed by atoms with Crippen LogP contribution in [0, 0.1) is 34.5 Å². The summed E-state index contributed by atoms with van der Waals surface area (Å²) in [4.78, 5) is 0. The summed E-state index contributed by atoms with van der Waals surface area (Å²) in [5, 5.41) is 23.0. The van der Waals surface area contributed by atoms with Crippen molar-refractivity contribution in [2.24, 2.45) is 34.5 Å². The van der Waals surface area contributed by atoms with Gasteiger partial charge in [0.2, 0.25) is 0 Å². The monoisotopic (exact) mass is 510 g/mol. The predicted molar refractivity (Wildman–Crippen MR) is 151 cm³/mol. The fourth-order valence-electron chi connectivity index (χ4n) is 9.49. The molecule has 0 bridgehead atoms. The third kappa shape index (κ3) is 5.46. The van der Waals surface area contributed by atoms with E-state index in [4.69, 9.17) is 0 Å². The van der Waals surface area contributed by atoms with Crippen LogP contribution in [-0.4, -0.2) is 32.2 Å².